The first-order valence-corrected chi connectivity index (χ1v) is 14.9. The van der Waals surface area contributed by atoms with Gasteiger partial charge in [0.25, 0.3) is 5.56 Å². The number of benzene rings is 1. The van der Waals surface area contributed by atoms with Crippen molar-refractivity contribution in [2.24, 2.45) is 0 Å². The number of pyridine rings is 2. The molecule has 0 bridgehead atoms. The number of hydrogen-bond donors (Lipinski definition) is 2. The van der Waals surface area contributed by atoms with Gasteiger partial charge >= 0.3 is 12.1 Å². The average molecular weight is 679 g/mol. The highest BCUT2D eigenvalue weighted by atomic mass is 35.5. The topological polar surface area (TPSA) is 133 Å². The summed E-state index contributed by atoms with van der Waals surface area (Å²) < 4.78 is 58.0. The minimum absolute atomic E-state index is 0.0549. The number of halogens is 4. The molecule has 252 valence electrons. The van der Waals surface area contributed by atoms with Crippen LogP contribution in [0.2, 0.25) is 5.02 Å². The molecule has 1 aromatic carbocycles. The molecule has 3 heterocycles. The SMILES string of the molecule is CCc1c(C(=O)O)nc2ccc(NC(=O)C(CCOC(C)(C)C)n3cc(OC)c(-c4cc(Cl)ccc4OCC(F)(F)F)cc3=O)cn12. The second-order valence-corrected chi connectivity index (χ2v) is 11.9. The number of carboxylic acids is 1. The van der Waals surface area contributed by atoms with E-state index in [1.54, 1.807) is 29.7 Å². The Morgan fingerprint density at radius 1 is 1.06 bits per heavy atom. The Morgan fingerprint density at radius 3 is 2.38 bits per heavy atom. The predicted molar refractivity (Wildman–Crippen MR) is 169 cm³/mol. The molecule has 0 aliphatic heterocycles. The van der Waals surface area contributed by atoms with E-state index < -0.39 is 41.9 Å². The number of alkyl halides is 3. The lowest BCUT2D eigenvalue weighted by Crippen LogP contribution is -2.34. The lowest BCUT2D eigenvalue weighted by atomic mass is 10.0. The molecular formula is C32H34ClF3N4O7. The number of methoxy groups -OCH3 is 1. The molecule has 0 saturated heterocycles. The van der Waals surface area contributed by atoms with Crippen molar-refractivity contribution < 1.29 is 42.1 Å². The van der Waals surface area contributed by atoms with Crippen LogP contribution >= 0.6 is 11.6 Å². The van der Waals surface area contributed by atoms with E-state index in [4.69, 9.17) is 25.8 Å². The van der Waals surface area contributed by atoms with Gasteiger partial charge in [0.15, 0.2) is 12.3 Å². The number of nitrogens with one attached hydrogen (secondary N) is 1. The standard InChI is InChI=1S/C32H34ClF3N4O7/c1-6-22-28(30(43)44)38-26-10-8-19(15-39(22)26)37-29(42)23(11-12-47-31(2,3)4)40-16-25(45-5)21(14-27(40)41)20-13-18(33)7-9-24(20)46-17-32(34,35)36/h7-10,13-16,23H,6,11-12,17H2,1-5H3,(H,37,42)(H,43,44). The normalized spacial score (nSPS) is 12.6. The summed E-state index contributed by atoms with van der Waals surface area (Å²) in [5, 5.41) is 12.5. The van der Waals surface area contributed by atoms with Gasteiger partial charge in [0, 0.05) is 41.4 Å². The van der Waals surface area contributed by atoms with Crippen molar-refractivity contribution in [2.75, 3.05) is 25.6 Å². The summed E-state index contributed by atoms with van der Waals surface area (Å²) in [5.74, 6) is -1.88. The van der Waals surface area contributed by atoms with Crippen molar-refractivity contribution in [3.8, 4) is 22.6 Å². The summed E-state index contributed by atoms with van der Waals surface area (Å²) in [6, 6.07) is 7.08. The molecule has 11 nitrogen and oxygen atoms in total. The van der Waals surface area contributed by atoms with Crippen LogP contribution in [0.5, 0.6) is 11.5 Å². The fourth-order valence-electron chi connectivity index (χ4n) is 4.92. The lowest BCUT2D eigenvalue weighted by Gasteiger charge is -2.24. The molecule has 1 atom stereocenters. The average Bonchev–Trinajstić information content (AvgIpc) is 3.36. The van der Waals surface area contributed by atoms with Gasteiger partial charge in [0.1, 0.15) is 23.2 Å². The van der Waals surface area contributed by atoms with Gasteiger partial charge in [-0.25, -0.2) is 9.78 Å². The van der Waals surface area contributed by atoms with E-state index in [-0.39, 0.29) is 46.4 Å². The molecule has 0 fully saturated rings. The zero-order chi connectivity index (χ0) is 34.7. The summed E-state index contributed by atoms with van der Waals surface area (Å²) in [7, 11) is 1.31. The number of nitrogens with zero attached hydrogens (tertiary/aromatic N) is 3. The van der Waals surface area contributed by atoms with Crippen LogP contribution in [0.1, 0.15) is 56.3 Å². The Morgan fingerprint density at radius 2 is 1.77 bits per heavy atom. The molecule has 0 radical (unpaired) electrons. The van der Waals surface area contributed by atoms with Crippen LogP contribution in [-0.4, -0.2) is 63.0 Å². The van der Waals surface area contributed by atoms with Crippen LogP contribution in [0.15, 0.2) is 53.6 Å². The van der Waals surface area contributed by atoms with Crippen LogP contribution in [-0.2, 0) is 16.0 Å². The van der Waals surface area contributed by atoms with Crippen molar-refractivity contribution in [1.82, 2.24) is 14.0 Å². The molecule has 1 amide bonds. The van der Waals surface area contributed by atoms with Crippen molar-refractivity contribution in [3.63, 3.8) is 0 Å². The number of aromatic carboxylic acids is 1. The largest absolute Gasteiger partial charge is 0.495 e. The van der Waals surface area contributed by atoms with Gasteiger partial charge in [-0.15, -0.1) is 0 Å². The Balaban J connectivity index is 1.75. The summed E-state index contributed by atoms with van der Waals surface area (Å²) in [4.78, 5) is 43.3. The van der Waals surface area contributed by atoms with E-state index in [0.717, 1.165) is 10.6 Å². The Labute approximate surface area is 272 Å². The molecule has 2 N–H and O–H groups in total. The summed E-state index contributed by atoms with van der Waals surface area (Å²) in [5.41, 5.74) is 0.0132. The maximum Gasteiger partial charge on any atom is 0.422 e. The second-order valence-electron chi connectivity index (χ2n) is 11.5. The number of fused-ring (bicyclic) bond motifs is 1. The van der Waals surface area contributed by atoms with Crippen LogP contribution in [0.25, 0.3) is 16.8 Å². The zero-order valence-corrected chi connectivity index (χ0v) is 27.0. The lowest BCUT2D eigenvalue weighted by molar-refractivity contribution is -0.153. The van der Waals surface area contributed by atoms with E-state index in [9.17, 15) is 32.7 Å². The first-order chi connectivity index (χ1) is 22.0. The molecule has 0 spiro atoms. The van der Waals surface area contributed by atoms with Crippen LogP contribution in [0.3, 0.4) is 0 Å². The van der Waals surface area contributed by atoms with Gasteiger partial charge in [-0.05, 0) is 57.5 Å². The molecule has 15 heteroatoms. The third-order valence-corrected chi connectivity index (χ3v) is 7.21. The highest BCUT2D eigenvalue weighted by Crippen LogP contribution is 2.38. The van der Waals surface area contributed by atoms with Gasteiger partial charge in [0.05, 0.1) is 30.3 Å². The molecule has 4 aromatic rings. The van der Waals surface area contributed by atoms with Crippen LogP contribution in [0.4, 0.5) is 18.9 Å². The molecule has 47 heavy (non-hydrogen) atoms. The van der Waals surface area contributed by atoms with E-state index >= 15 is 0 Å². The number of hydrogen-bond acceptors (Lipinski definition) is 7. The maximum absolute atomic E-state index is 13.8. The summed E-state index contributed by atoms with van der Waals surface area (Å²) in [6.07, 6.45) is -1.36. The highest BCUT2D eigenvalue weighted by molar-refractivity contribution is 6.31. The van der Waals surface area contributed by atoms with E-state index in [2.05, 4.69) is 10.3 Å². The molecular weight excluding hydrogens is 645 g/mol. The zero-order valence-electron chi connectivity index (χ0n) is 26.3. The van der Waals surface area contributed by atoms with E-state index in [1.165, 1.54) is 31.5 Å². The molecule has 0 aliphatic carbocycles. The van der Waals surface area contributed by atoms with Gasteiger partial charge in [-0.3, -0.25) is 14.2 Å². The van der Waals surface area contributed by atoms with Gasteiger partial charge < -0.3 is 29.0 Å². The number of aryl methyl sites for hydroxylation is 1. The molecule has 0 saturated carbocycles. The number of carbonyl (C=O) groups is 2. The van der Waals surface area contributed by atoms with Crippen LogP contribution in [0, 0.1) is 0 Å². The first kappa shape index (κ1) is 35.3. The second kappa shape index (κ2) is 14.1. The Bertz CT molecular complexity index is 1850. The molecule has 1 unspecified atom stereocenters. The van der Waals surface area contributed by atoms with Gasteiger partial charge in [-0.1, -0.05) is 18.5 Å². The molecule has 0 aliphatic rings. The van der Waals surface area contributed by atoms with Crippen molar-refractivity contribution >= 4 is 34.8 Å². The fourth-order valence-corrected chi connectivity index (χ4v) is 5.09. The minimum atomic E-state index is -4.61. The number of carbonyl (C=O) groups excluding carboxylic acids is 1. The maximum atomic E-state index is 13.8. The summed E-state index contributed by atoms with van der Waals surface area (Å²) in [6.45, 7) is 5.82. The predicted octanol–water partition coefficient (Wildman–Crippen LogP) is 6.41. The number of amides is 1. The van der Waals surface area contributed by atoms with Gasteiger partial charge in [-0.2, -0.15) is 13.2 Å². The number of carboxylic acid groups (broad SMARTS) is 1. The quantitative estimate of drug-likeness (QED) is 0.176. The number of aromatic nitrogens is 3. The summed E-state index contributed by atoms with van der Waals surface area (Å²) >= 11 is 6.16. The number of ether oxygens (including phenoxy) is 3. The fraction of sp³-hybridized carbons (Fsp3) is 0.375. The van der Waals surface area contributed by atoms with Crippen molar-refractivity contribution in [2.45, 2.75) is 58.4 Å². The van der Waals surface area contributed by atoms with E-state index in [0.29, 0.717) is 23.4 Å². The number of imidazole rings is 1. The minimum Gasteiger partial charge on any atom is -0.495 e. The third-order valence-electron chi connectivity index (χ3n) is 6.97. The first-order valence-electron chi connectivity index (χ1n) is 14.5. The van der Waals surface area contributed by atoms with Gasteiger partial charge in [0.2, 0.25) is 5.91 Å². The number of rotatable bonds is 12. The Hall–Kier alpha value is -4.56. The van der Waals surface area contributed by atoms with E-state index in [1.807, 2.05) is 20.8 Å². The Kier molecular flexibility index (Phi) is 10.6. The smallest absolute Gasteiger partial charge is 0.422 e. The third kappa shape index (κ3) is 8.63. The van der Waals surface area contributed by atoms with Crippen LogP contribution < -0.4 is 20.3 Å². The molecule has 4 rings (SSSR count). The van der Waals surface area contributed by atoms with Crippen molar-refractivity contribution in [3.05, 3.63) is 75.6 Å². The molecule has 3 aromatic heterocycles. The highest BCUT2D eigenvalue weighted by Gasteiger charge is 2.30. The monoisotopic (exact) mass is 678 g/mol. The number of anilines is 1. The van der Waals surface area contributed by atoms with Crippen molar-refractivity contribution in [1.29, 1.82) is 0 Å².